The second-order valence-electron chi connectivity index (χ2n) is 6.19. The molecule has 0 spiro atoms. The summed E-state index contributed by atoms with van der Waals surface area (Å²) in [4.78, 5) is 4.86. The van der Waals surface area contributed by atoms with Crippen LogP contribution >= 0.6 is 0 Å². The molecule has 3 rings (SSSR count). The maximum absolute atomic E-state index is 5.59. The van der Waals surface area contributed by atoms with Crippen LogP contribution in [0.2, 0.25) is 0 Å². The fraction of sp³-hybridized carbons (Fsp3) is 0.350. The second-order valence-corrected chi connectivity index (χ2v) is 6.19. The molecule has 0 aliphatic heterocycles. The second kappa shape index (κ2) is 7.42. The van der Waals surface area contributed by atoms with Crippen molar-refractivity contribution in [3.63, 3.8) is 0 Å². The Balaban J connectivity index is 1.87. The van der Waals surface area contributed by atoms with Gasteiger partial charge in [0, 0.05) is 13.0 Å². The van der Waals surface area contributed by atoms with Crippen LogP contribution in [0.5, 0.6) is 0 Å². The van der Waals surface area contributed by atoms with Crippen LogP contribution in [0.4, 0.5) is 0 Å². The predicted octanol–water partition coefficient (Wildman–Crippen LogP) is 4.06. The average molecular weight is 307 g/mol. The van der Waals surface area contributed by atoms with Crippen molar-refractivity contribution in [3.05, 3.63) is 65.5 Å². The summed E-state index contributed by atoms with van der Waals surface area (Å²) >= 11 is 0. The number of aromatic nitrogens is 2. The predicted molar refractivity (Wildman–Crippen MR) is 96.6 cm³/mol. The third-order valence-corrected chi connectivity index (χ3v) is 4.30. The van der Waals surface area contributed by atoms with E-state index >= 15 is 0 Å². The van der Waals surface area contributed by atoms with Gasteiger partial charge in [-0.1, -0.05) is 48.4 Å². The van der Waals surface area contributed by atoms with E-state index in [4.69, 9.17) is 10.7 Å². The van der Waals surface area contributed by atoms with Crippen molar-refractivity contribution in [2.75, 3.05) is 6.54 Å². The van der Waals surface area contributed by atoms with Crippen molar-refractivity contribution < 1.29 is 0 Å². The minimum Gasteiger partial charge on any atom is -0.330 e. The lowest BCUT2D eigenvalue weighted by Gasteiger charge is -2.10. The van der Waals surface area contributed by atoms with Gasteiger partial charge in [-0.15, -0.1) is 0 Å². The first kappa shape index (κ1) is 15.8. The van der Waals surface area contributed by atoms with E-state index in [-0.39, 0.29) is 0 Å². The minimum absolute atomic E-state index is 0.778. The molecule has 0 aliphatic carbocycles. The first-order valence-corrected chi connectivity index (χ1v) is 8.47. The quantitative estimate of drug-likeness (QED) is 0.669. The minimum atomic E-state index is 0.778. The number of nitrogens with two attached hydrogens (primary N) is 1. The van der Waals surface area contributed by atoms with Crippen LogP contribution in [0.1, 0.15) is 36.2 Å². The first-order chi connectivity index (χ1) is 11.3. The Morgan fingerprint density at radius 3 is 2.52 bits per heavy atom. The van der Waals surface area contributed by atoms with Gasteiger partial charge in [-0.3, -0.25) is 0 Å². The number of benzene rings is 2. The highest BCUT2D eigenvalue weighted by Crippen LogP contribution is 2.19. The number of unbranched alkanes of at least 4 members (excludes halogenated alkanes) is 2. The van der Waals surface area contributed by atoms with Gasteiger partial charge in [-0.05, 0) is 44.0 Å². The van der Waals surface area contributed by atoms with E-state index in [2.05, 4.69) is 60.0 Å². The lowest BCUT2D eigenvalue weighted by molar-refractivity contribution is 0.644. The molecule has 23 heavy (non-hydrogen) atoms. The Bertz CT molecular complexity index is 756. The van der Waals surface area contributed by atoms with Crippen LogP contribution < -0.4 is 5.73 Å². The highest BCUT2D eigenvalue weighted by Gasteiger charge is 2.10. The maximum Gasteiger partial charge on any atom is 0.110 e. The standard InChI is InChI=1S/C20H25N3/c1-16-10-12-17(13-11-16)15-23-19-8-5-4-7-18(19)22-20(23)9-3-2-6-14-21/h4-5,7-8,10-13H,2-3,6,9,14-15,21H2,1H3. The van der Waals surface area contributed by atoms with E-state index in [1.54, 1.807) is 0 Å². The summed E-state index contributed by atoms with van der Waals surface area (Å²) in [5, 5.41) is 0. The molecule has 1 heterocycles. The molecule has 0 bridgehead atoms. The zero-order valence-corrected chi connectivity index (χ0v) is 13.8. The van der Waals surface area contributed by atoms with Crippen molar-refractivity contribution in [2.45, 2.75) is 39.2 Å². The Hall–Kier alpha value is -2.13. The number of para-hydroxylation sites is 2. The Morgan fingerprint density at radius 1 is 0.957 bits per heavy atom. The van der Waals surface area contributed by atoms with E-state index < -0.39 is 0 Å². The topological polar surface area (TPSA) is 43.8 Å². The zero-order valence-electron chi connectivity index (χ0n) is 13.8. The van der Waals surface area contributed by atoms with E-state index in [9.17, 15) is 0 Å². The van der Waals surface area contributed by atoms with Gasteiger partial charge in [0.15, 0.2) is 0 Å². The number of nitrogens with zero attached hydrogens (tertiary/aromatic N) is 2. The molecule has 0 radical (unpaired) electrons. The molecule has 2 N–H and O–H groups in total. The normalized spacial score (nSPS) is 11.2. The number of imidazole rings is 1. The molecule has 0 fully saturated rings. The van der Waals surface area contributed by atoms with Gasteiger partial charge >= 0.3 is 0 Å². The van der Waals surface area contributed by atoms with Crippen LogP contribution in [0.25, 0.3) is 11.0 Å². The lowest BCUT2D eigenvalue weighted by atomic mass is 10.1. The molecule has 0 amide bonds. The number of aryl methyl sites for hydroxylation is 2. The summed E-state index contributed by atoms with van der Waals surface area (Å²) in [7, 11) is 0. The highest BCUT2D eigenvalue weighted by atomic mass is 15.1. The molecule has 0 atom stereocenters. The number of fused-ring (bicyclic) bond motifs is 1. The molecule has 3 heteroatoms. The zero-order chi connectivity index (χ0) is 16.1. The summed E-state index contributed by atoms with van der Waals surface area (Å²) < 4.78 is 2.36. The van der Waals surface area contributed by atoms with Crippen molar-refractivity contribution in [2.24, 2.45) is 5.73 Å². The van der Waals surface area contributed by atoms with E-state index in [1.807, 2.05) is 0 Å². The van der Waals surface area contributed by atoms with Gasteiger partial charge in [-0.2, -0.15) is 0 Å². The Labute approximate surface area is 138 Å². The summed E-state index contributed by atoms with van der Waals surface area (Å²) in [5.74, 6) is 1.18. The molecule has 1 aromatic heterocycles. The van der Waals surface area contributed by atoms with Crippen LogP contribution in [0, 0.1) is 6.92 Å². The lowest BCUT2D eigenvalue weighted by Crippen LogP contribution is -2.06. The molecule has 0 saturated carbocycles. The molecule has 3 nitrogen and oxygen atoms in total. The van der Waals surface area contributed by atoms with Gasteiger partial charge in [0.2, 0.25) is 0 Å². The molecular weight excluding hydrogens is 282 g/mol. The summed E-state index contributed by atoms with van der Waals surface area (Å²) in [6, 6.07) is 17.2. The molecular formula is C20H25N3. The number of hydrogen-bond acceptors (Lipinski definition) is 2. The average Bonchev–Trinajstić information content (AvgIpc) is 2.92. The van der Waals surface area contributed by atoms with Crippen LogP contribution in [-0.2, 0) is 13.0 Å². The smallest absolute Gasteiger partial charge is 0.110 e. The van der Waals surface area contributed by atoms with E-state index in [0.29, 0.717) is 0 Å². The third kappa shape index (κ3) is 3.80. The molecule has 0 saturated heterocycles. The van der Waals surface area contributed by atoms with E-state index in [0.717, 1.165) is 37.9 Å². The van der Waals surface area contributed by atoms with Crippen molar-refractivity contribution in [1.82, 2.24) is 9.55 Å². The summed E-state index contributed by atoms with van der Waals surface area (Å²) in [6.45, 7) is 3.78. The summed E-state index contributed by atoms with van der Waals surface area (Å²) in [5.41, 5.74) is 10.5. The van der Waals surface area contributed by atoms with Gasteiger partial charge in [0.25, 0.3) is 0 Å². The highest BCUT2D eigenvalue weighted by molar-refractivity contribution is 5.76. The monoisotopic (exact) mass is 307 g/mol. The molecule has 120 valence electrons. The van der Waals surface area contributed by atoms with E-state index in [1.165, 1.54) is 28.9 Å². The van der Waals surface area contributed by atoms with Gasteiger partial charge in [-0.25, -0.2) is 4.98 Å². The van der Waals surface area contributed by atoms with Crippen LogP contribution in [0.15, 0.2) is 48.5 Å². The number of hydrogen-bond donors (Lipinski definition) is 1. The Morgan fingerprint density at radius 2 is 1.74 bits per heavy atom. The summed E-state index contributed by atoms with van der Waals surface area (Å²) in [6.07, 6.45) is 4.43. The fourth-order valence-corrected chi connectivity index (χ4v) is 2.97. The van der Waals surface area contributed by atoms with Crippen LogP contribution in [0.3, 0.4) is 0 Å². The Kier molecular flexibility index (Phi) is 5.09. The largest absolute Gasteiger partial charge is 0.330 e. The van der Waals surface area contributed by atoms with Crippen LogP contribution in [-0.4, -0.2) is 16.1 Å². The SMILES string of the molecule is Cc1ccc(Cn2c(CCCCCN)nc3ccccc32)cc1. The van der Waals surface area contributed by atoms with Crippen molar-refractivity contribution in [3.8, 4) is 0 Å². The molecule has 0 unspecified atom stereocenters. The third-order valence-electron chi connectivity index (χ3n) is 4.30. The van der Waals surface area contributed by atoms with Gasteiger partial charge in [0.05, 0.1) is 11.0 Å². The van der Waals surface area contributed by atoms with Gasteiger partial charge in [0.1, 0.15) is 5.82 Å². The first-order valence-electron chi connectivity index (χ1n) is 8.47. The number of rotatable bonds is 7. The van der Waals surface area contributed by atoms with Crippen molar-refractivity contribution in [1.29, 1.82) is 0 Å². The maximum atomic E-state index is 5.59. The molecule has 3 aromatic rings. The fourth-order valence-electron chi connectivity index (χ4n) is 2.97. The van der Waals surface area contributed by atoms with Gasteiger partial charge < -0.3 is 10.3 Å². The van der Waals surface area contributed by atoms with Crippen molar-refractivity contribution >= 4 is 11.0 Å². The molecule has 0 aliphatic rings. The molecule has 2 aromatic carbocycles.